The fourth-order valence-electron chi connectivity index (χ4n) is 2.36. The van der Waals surface area contributed by atoms with Crippen molar-refractivity contribution >= 4 is 10.0 Å². The number of nitrogens with one attached hydrogen (secondary N) is 1. The molecule has 0 bridgehead atoms. The molecule has 3 rings (SSSR count). The molecule has 2 N–H and O–H groups in total. The van der Waals surface area contributed by atoms with Crippen molar-refractivity contribution in [3.05, 3.63) is 36.4 Å². The molecule has 0 amide bonds. The smallest absolute Gasteiger partial charge is 0.274 e. The summed E-state index contributed by atoms with van der Waals surface area (Å²) in [6, 6.07) is 2.09. The third-order valence-corrected chi connectivity index (χ3v) is 4.78. The molecule has 0 saturated heterocycles. The first-order chi connectivity index (χ1) is 9.47. The molecule has 20 heavy (non-hydrogen) atoms. The molecule has 2 aromatic heterocycles. The van der Waals surface area contributed by atoms with E-state index in [-0.39, 0.29) is 5.09 Å². The lowest BCUT2D eigenvalue weighted by molar-refractivity contribution is 0.000401. The standard InChI is InChI=1S/C12H15N3O4S/c1-8-6-13-15(7-8)12-9(5-10(12)16)14-20(17,18)11-3-2-4-19-11/h2-4,6-7,9-10,12,14,16H,5H2,1H3/t9-,10+,12+/m0/s1. The molecule has 1 saturated carbocycles. The van der Waals surface area contributed by atoms with Crippen molar-refractivity contribution in [3.8, 4) is 0 Å². The van der Waals surface area contributed by atoms with Gasteiger partial charge in [0.05, 0.1) is 24.6 Å². The van der Waals surface area contributed by atoms with Gasteiger partial charge in [-0.05, 0) is 31.0 Å². The molecule has 1 fully saturated rings. The highest BCUT2D eigenvalue weighted by Gasteiger charge is 2.44. The molecule has 2 heterocycles. The molecule has 0 aromatic carbocycles. The number of rotatable bonds is 4. The van der Waals surface area contributed by atoms with E-state index >= 15 is 0 Å². The average molecular weight is 297 g/mol. The second-order valence-corrected chi connectivity index (χ2v) is 6.60. The molecule has 8 heteroatoms. The Morgan fingerprint density at radius 1 is 1.55 bits per heavy atom. The Hall–Kier alpha value is -1.64. The van der Waals surface area contributed by atoms with Crippen molar-refractivity contribution in [2.24, 2.45) is 0 Å². The van der Waals surface area contributed by atoms with Crippen LogP contribution in [0.3, 0.4) is 0 Å². The Bertz CT molecular complexity index is 692. The van der Waals surface area contributed by atoms with Crippen LogP contribution in [0, 0.1) is 6.92 Å². The summed E-state index contributed by atoms with van der Waals surface area (Å²) in [4.78, 5) is 0. The summed E-state index contributed by atoms with van der Waals surface area (Å²) >= 11 is 0. The molecule has 1 aliphatic carbocycles. The molecule has 0 aliphatic heterocycles. The molecule has 7 nitrogen and oxygen atoms in total. The normalized spacial score (nSPS) is 26.4. The number of aryl methyl sites for hydroxylation is 1. The molecular formula is C12H15N3O4S. The van der Waals surface area contributed by atoms with Gasteiger partial charge in [0.1, 0.15) is 0 Å². The fraction of sp³-hybridized carbons (Fsp3) is 0.417. The quantitative estimate of drug-likeness (QED) is 0.853. The predicted octanol–water partition coefficient (Wildman–Crippen LogP) is 0.437. The monoisotopic (exact) mass is 297 g/mol. The number of aliphatic hydroxyl groups excluding tert-OH is 1. The maximum absolute atomic E-state index is 12.1. The van der Waals surface area contributed by atoms with Crippen molar-refractivity contribution in [1.82, 2.24) is 14.5 Å². The van der Waals surface area contributed by atoms with Crippen LogP contribution in [-0.4, -0.2) is 35.5 Å². The lowest BCUT2D eigenvalue weighted by Gasteiger charge is -2.41. The Labute approximate surface area is 116 Å². The number of aliphatic hydroxyl groups is 1. The van der Waals surface area contributed by atoms with Gasteiger partial charge in [-0.25, -0.2) is 13.1 Å². The number of hydrogen-bond donors (Lipinski definition) is 2. The Kier molecular flexibility index (Phi) is 3.15. The molecule has 0 spiro atoms. The number of aromatic nitrogens is 2. The predicted molar refractivity (Wildman–Crippen MR) is 69.4 cm³/mol. The number of nitrogens with zero attached hydrogens (tertiary/aromatic N) is 2. The van der Waals surface area contributed by atoms with Gasteiger partial charge in [0, 0.05) is 12.2 Å². The van der Waals surface area contributed by atoms with Gasteiger partial charge in [0.15, 0.2) is 0 Å². The van der Waals surface area contributed by atoms with Crippen molar-refractivity contribution in [2.45, 2.75) is 36.6 Å². The van der Waals surface area contributed by atoms with E-state index < -0.39 is 28.2 Å². The summed E-state index contributed by atoms with van der Waals surface area (Å²) in [5.41, 5.74) is 0.955. The molecule has 1 aliphatic rings. The Morgan fingerprint density at radius 3 is 2.90 bits per heavy atom. The molecule has 0 unspecified atom stereocenters. The highest BCUT2D eigenvalue weighted by atomic mass is 32.2. The minimum atomic E-state index is -3.70. The summed E-state index contributed by atoms with van der Waals surface area (Å²) in [6.07, 6.45) is 4.49. The topological polar surface area (TPSA) is 97.4 Å². The SMILES string of the molecule is Cc1cnn([C@H]2[C@H](O)C[C@@H]2NS(=O)(=O)c2ccco2)c1. The van der Waals surface area contributed by atoms with Gasteiger partial charge in [-0.1, -0.05) is 0 Å². The van der Waals surface area contributed by atoms with Crippen LogP contribution >= 0.6 is 0 Å². The largest absolute Gasteiger partial charge is 0.452 e. The third kappa shape index (κ3) is 2.26. The minimum Gasteiger partial charge on any atom is -0.452 e. The van der Waals surface area contributed by atoms with E-state index in [2.05, 4.69) is 9.82 Å². The van der Waals surface area contributed by atoms with Gasteiger partial charge in [0.25, 0.3) is 10.0 Å². The highest BCUT2D eigenvalue weighted by molar-refractivity contribution is 7.89. The van der Waals surface area contributed by atoms with E-state index in [1.54, 1.807) is 17.1 Å². The Balaban J connectivity index is 1.78. The van der Waals surface area contributed by atoms with Crippen molar-refractivity contribution < 1.29 is 17.9 Å². The molecule has 108 valence electrons. The first-order valence-corrected chi connectivity index (χ1v) is 7.70. The summed E-state index contributed by atoms with van der Waals surface area (Å²) in [5, 5.41) is 13.8. The van der Waals surface area contributed by atoms with Crippen LogP contribution in [0.5, 0.6) is 0 Å². The van der Waals surface area contributed by atoms with Gasteiger partial charge in [-0.15, -0.1) is 0 Å². The van der Waals surface area contributed by atoms with Crippen molar-refractivity contribution in [2.75, 3.05) is 0 Å². The Morgan fingerprint density at radius 2 is 2.35 bits per heavy atom. The summed E-state index contributed by atoms with van der Waals surface area (Å²) in [5.74, 6) is 0. The van der Waals surface area contributed by atoms with Gasteiger partial charge >= 0.3 is 0 Å². The van der Waals surface area contributed by atoms with E-state index in [4.69, 9.17) is 4.42 Å². The van der Waals surface area contributed by atoms with Crippen molar-refractivity contribution in [1.29, 1.82) is 0 Å². The summed E-state index contributed by atoms with van der Waals surface area (Å²) < 4.78 is 33.2. The van der Waals surface area contributed by atoms with Gasteiger partial charge in [-0.3, -0.25) is 4.68 Å². The number of hydrogen-bond acceptors (Lipinski definition) is 5. The van der Waals surface area contributed by atoms with E-state index in [9.17, 15) is 13.5 Å². The lowest BCUT2D eigenvalue weighted by Crippen LogP contribution is -2.55. The third-order valence-electron chi connectivity index (χ3n) is 3.40. The zero-order valence-corrected chi connectivity index (χ0v) is 11.6. The first kappa shape index (κ1) is 13.3. The van der Waals surface area contributed by atoms with E-state index in [0.717, 1.165) is 5.56 Å². The van der Waals surface area contributed by atoms with Crippen LogP contribution in [0.4, 0.5) is 0 Å². The molecule has 0 radical (unpaired) electrons. The van der Waals surface area contributed by atoms with E-state index in [1.807, 2.05) is 6.92 Å². The molecular weight excluding hydrogens is 282 g/mol. The van der Waals surface area contributed by atoms with Crippen LogP contribution in [0.25, 0.3) is 0 Å². The summed E-state index contributed by atoms with van der Waals surface area (Å²) in [6.45, 7) is 1.89. The summed E-state index contributed by atoms with van der Waals surface area (Å²) in [7, 11) is -3.70. The average Bonchev–Trinajstić information content (AvgIpc) is 3.00. The van der Waals surface area contributed by atoms with Crippen LogP contribution in [0.1, 0.15) is 18.0 Å². The molecule has 2 aromatic rings. The maximum Gasteiger partial charge on any atom is 0.274 e. The second kappa shape index (κ2) is 4.72. The second-order valence-electron chi connectivity index (χ2n) is 4.95. The van der Waals surface area contributed by atoms with Gasteiger partial charge in [0.2, 0.25) is 5.09 Å². The van der Waals surface area contributed by atoms with Gasteiger partial charge in [-0.2, -0.15) is 5.10 Å². The highest BCUT2D eigenvalue weighted by Crippen LogP contribution is 2.33. The zero-order chi connectivity index (χ0) is 14.3. The number of sulfonamides is 1. The van der Waals surface area contributed by atoms with Gasteiger partial charge < -0.3 is 9.52 Å². The van der Waals surface area contributed by atoms with Crippen LogP contribution in [-0.2, 0) is 10.0 Å². The minimum absolute atomic E-state index is 0.130. The van der Waals surface area contributed by atoms with E-state index in [0.29, 0.717) is 6.42 Å². The number of furan rings is 1. The first-order valence-electron chi connectivity index (χ1n) is 6.22. The maximum atomic E-state index is 12.1. The lowest BCUT2D eigenvalue weighted by atomic mass is 9.84. The van der Waals surface area contributed by atoms with Crippen LogP contribution in [0.2, 0.25) is 0 Å². The fourth-order valence-corrected chi connectivity index (χ4v) is 3.55. The van der Waals surface area contributed by atoms with E-state index in [1.165, 1.54) is 18.4 Å². The van der Waals surface area contributed by atoms with Crippen LogP contribution < -0.4 is 4.72 Å². The molecule has 3 atom stereocenters. The van der Waals surface area contributed by atoms with Crippen molar-refractivity contribution in [3.63, 3.8) is 0 Å². The zero-order valence-electron chi connectivity index (χ0n) is 10.8. The van der Waals surface area contributed by atoms with Crippen LogP contribution in [0.15, 0.2) is 40.3 Å².